The number of nitrogens with zero attached hydrogens (tertiary/aromatic N) is 3. The summed E-state index contributed by atoms with van der Waals surface area (Å²) in [5.41, 5.74) is 8.77. The number of hydrogen-bond acceptors (Lipinski definition) is 4. The summed E-state index contributed by atoms with van der Waals surface area (Å²) in [4.78, 5) is 4.14. The van der Waals surface area contributed by atoms with E-state index in [0.717, 1.165) is 34.4 Å². The van der Waals surface area contributed by atoms with Crippen LogP contribution in [0.1, 0.15) is 12.6 Å². The average Bonchev–Trinajstić information content (AvgIpc) is 2.75. The van der Waals surface area contributed by atoms with Crippen LogP contribution >= 0.6 is 0 Å². The molecule has 5 nitrogen and oxygen atoms in total. The molecule has 0 amide bonds. The van der Waals surface area contributed by atoms with Crippen molar-refractivity contribution < 1.29 is 0 Å². The highest BCUT2D eigenvalue weighted by atomic mass is 15.3. The van der Waals surface area contributed by atoms with E-state index in [9.17, 15) is 0 Å². The van der Waals surface area contributed by atoms with Crippen molar-refractivity contribution in [2.24, 2.45) is 7.05 Å². The molecular weight excluding hydrogens is 250 g/mol. The molecule has 0 aliphatic carbocycles. The van der Waals surface area contributed by atoms with E-state index in [-0.39, 0.29) is 0 Å². The second kappa shape index (κ2) is 4.85. The maximum atomic E-state index is 6.15. The molecule has 2 heterocycles. The van der Waals surface area contributed by atoms with Gasteiger partial charge in [-0.05, 0) is 18.6 Å². The monoisotopic (exact) mass is 267 g/mol. The fourth-order valence-corrected chi connectivity index (χ4v) is 2.36. The molecule has 0 unspecified atom stereocenters. The van der Waals surface area contributed by atoms with E-state index in [1.165, 1.54) is 0 Å². The Labute approximate surface area is 117 Å². The van der Waals surface area contributed by atoms with Crippen LogP contribution < -0.4 is 11.1 Å². The maximum absolute atomic E-state index is 6.15. The zero-order valence-corrected chi connectivity index (χ0v) is 11.6. The van der Waals surface area contributed by atoms with Gasteiger partial charge < -0.3 is 11.1 Å². The van der Waals surface area contributed by atoms with Gasteiger partial charge in [0.05, 0.1) is 11.4 Å². The smallest absolute Gasteiger partial charge is 0.152 e. The molecule has 0 saturated heterocycles. The van der Waals surface area contributed by atoms with Gasteiger partial charge in [0.25, 0.3) is 0 Å². The number of hydrogen-bond donors (Lipinski definition) is 2. The van der Waals surface area contributed by atoms with Crippen LogP contribution in [-0.2, 0) is 13.5 Å². The minimum absolute atomic E-state index is 0.709. The van der Waals surface area contributed by atoms with Crippen molar-refractivity contribution in [3.8, 4) is 0 Å². The van der Waals surface area contributed by atoms with Crippen molar-refractivity contribution >= 4 is 28.0 Å². The Hall–Kier alpha value is -2.56. The summed E-state index contributed by atoms with van der Waals surface area (Å²) in [5.74, 6) is 0.825. The third-order valence-corrected chi connectivity index (χ3v) is 3.43. The summed E-state index contributed by atoms with van der Waals surface area (Å²) >= 11 is 0. The minimum atomic E-state index is 0.709. The number of nitrogens with two attached hydrogens (primary N) is 1. The van der Waals surface area contributed by atoms with Crippen LogP contribution in [0.3, 0.4) is 0 Å². The first-order valence-corrected chi connectivity index (χ1v) is 6.61. The second-order valence-corrected chi connectivity index (χ2v) is 4.71. The van der Waals surface area contributed by atoms with Gasteiger partial charge in [0.2, 0.25) is 0 Å². The predicted octanol–water partition coefficient (Wildman–Crippen LogP) is 2.86. The van der Waals surface area contributed by atoms with Crippen LogP contribution in [0.25, 0.3) is 10.8 Å². The Morgan fingerprint density at radius 3 is 2.90 bits per heavy atom. The van der Waals surface area contributed by atoms with E-state index >= 15 is 0 Å². The summed E-state index contributed by atoms with van der Waals surface area (Å²) in [7, 11) is 1.89. The molecule has 5 heteroatoms. The SMILES string of the molecule is CCc1nn(C)c(Nc2cccc3cnccc23)c1N. The molecule has 3 N–H and O–H groups in total. The lowest BCUT2D eigenvalue weighted by molar-refractivity contribution is 0.754. The Morgan fingerprint density at radius 2 is 2.15 bits per heavy atom. The number of pyridine rings is 1. The van der Waals surface area contributed by atoms with E-state index in [4.69, 9.17) is 5.73 Å². The van der Waals surface area contributed by atoms with E-state index in [0.29, 0.717) is 5.69 Å². The molecule has 3 rings (SSSR count). The second-order valence-electron chi connectivity index (χ2n) is 4.71. The molecule has 0 aliphatic rings. The number of benzene rings is 1. The third kappa shape index (κ3) is 1.97. The summed E-state index contributed by atoms with van der Waals surface area (Å²) < 4.78 is 1.79. The zero-order chi connectivity index (χ0) is 14.1. The Kier molecular flexibility index (Phi) is 3.02. The van der Waals surface area contributed by atoms with Crippen molar-refractivity contribution in [3.63, 3.8) is 0 Å². The van der Waals surface area contributed by atoms with Gasteiger partial charge >= 0.3 is 0 Å². The lowest BCUT2D eigenvalue weighted by atomic mass is 10.1. The molecule has 0 aliphatic heterocycles. The molecule has 0 radical (unpaired) electrons. The van der Waals surface area contributed by atoms with Crippen LogP contribution in [0.5, 0.6) is 0 Å². The molecule has 0 fully saturated rings. The van der Waals surface area contributed by atoms with Gasteiger partial charge in [0.15, 0.2) is 5.82 Å². The highest BCUT2D eigenvalue weighted by molar-refractivity contribution is 5.95. The first-order valence-electron chi connectivity index (χ1n) is 6.61. The fourth-order valence-electron chi connectivity index (χ4n) is 2.36. The average molecular weight is 267 g/mol. The normalized spacial score (nSPS) is 10.9. The number of fused-ring (bicyclic) bond motifs is 1. The molecule has 2 aromatic heterocycles. The number of nitrogen functional groups attached to an aromatic ring is 1. The topological polar surface area (TPSA) is 68.8 Å². The van der Waals surface area contributed by atoms with Gasteiger partial charge in [-0.3, -0.25) is 9.67 Å². The number of aryl methyl sites for hydroxylation is 2. The summed E-state index contributed by atoms with van der Waals surface area (Å²) in [6.45, 7) is 2.05. The van der Waals surface area contributed by atoms with Gasteiger partial charge in [-0.15, -0.1) is 0 Å². The van der Waals surface area contributed by atoms with Gasteiger partial charge in [-0.25, -0.2) is 0 Å². The van der Waals surface area contributed by atoms with Gasteiger partial charge in [0, 0.05) is 35.9 Å². The zero-order valence-electron chi connectivity index (χ0n) is 11.6. The largest absolute Gasteiger partial charge is 0.394 e. The number of aromatic nitrogens is 3. The summed E-state index contributed by atoms with van der Waals surface area (Å²) in [6.07, 6.45) is 4.46. The van der Waals surface area contributed by atoms with Crippen molar-refractivity contribution in [2.45, 2.75) is 13.3 Å². The Morgan fingerprint density at radius 1 is 1.30 bits per heavy atom. The van der Waals surface area contributed by atoms with Crippen molar-refractivity contribution in [1.29, 1.82) is 0 Å². The van der Waals surface area contributed by atoms with Crippen molar-refractivity contribution in [1.82, 2.24) is 14.8 Å². The van der Waals surface area contributed by atoms with Crippen LogP contribution in [-0.4, -0.2) is 14.8 Å². The van der Waals surface area contributed by atoms with E-state index in [2.05, 4.69) is 15.4 Å². The van der Waals surface area contributed by atoms with Crippen LogP contribution in [0.4, 0.5) is 17.2 Å². The van der Waals surface area contributed by atoms with Crippen LogP contribution in [0, 0.1) is 0 Å². The molecular formula is C15H17N5. The number of nitrogens with one attached hydrogen (secondary N) is 1. The van der Waals surface area contributed by atoms with E-state index < -0.39 is 0 Å². The summed E-state index contributed by atoms with van der Waals surface area (Å²) in [5, 5.41) is 10.0. The highest BCUT2D eigenvalue weighted by Gasteiger charge is 2.12. The van der Waals surface area contributed by atoms with Gasteiger partial charge in [-0.2, -0.15) is 5.10 Å². The number of anilines is 3. The predicted molar refractivity (Wildman–Crippen MR) is 82.0 cm³/mol. The molecule has 102 valence electrons. The first-order chi connectivity index (χ1) is 9.70. The van der Waals surface area contributed by atoms with Gasteiger partial charge in [0.1, 0.15) is 0 Å². The van der Waals surface area contributed by atoms with E-state index in [1.54, 1.807) is 10.9 Å². The molecule has 0 atom stereocenters. The molecule has 0 bridgehead atoms. The molecule has 20 heavy (non-hydrogen) atoms. The quantitative estimate of drug-likeness (QED) is 0.765. The highest BCUT2D eigenvalue weighted by Crippen LogP contribution is 2.30. The van der Waals surface area contributed by atoms with Crippen molar-refractivity contribution in [2.75, 3.05) is 11.1 Å². The maximum Gasteiger partial charge on any atom is 0.152 e. The van der Waals surface area contributed by atoms with Crippen molar-refractivity contribution in [3.05, 3.63) is 42.4 Å². The van der Waals surface area contributed by atoms with E-state index in [1.807, 2.05) is 44.4 Å². The third-order valence-electron chi connectivity index (χ3n) is 3.43. The lowest BCUT2D eigenvalue weighted by Crippen LogP contribution is -2.01. The van der Waals surface area contributed by atoms with Gasteiger partial charge in [-0.1, -0.05) is 19.1 Å². The van der Waals surface area contributed by atoms with Crippen LogP contribution in [0.2, 0.25) is 0 Å². The lowest BCUT2D eigenvalue weighted by Gasteiger charge is -2.10. The standard InChI is InChI=1S/C15H17N5/c1-3-12-14(16)15(20(2)19-12)18-13-6-4-5-10-9-17-8-7-11(10)13/h4-9,18H,3,16H2,1-2H3. The molecule has 0 saturated carbocycles. The molecule has 1 aromatic carbocycles. The Bertz CT molecular complexity index is 755. The Balaban J connectivity index is 2.08. The molecule has 0 spiro atoms. The number of rotatable bonds is 3. The minimum Gasteiger partial charge on any atom is -0.394 e. The molecule has 3 aromatic rings. The summed E-state index contributed by atoms with van der Waals surface area (Å²) in [6, 6.07) is 8.06. The van der Waals surface area contributed by atoms with Crippen LogP contribution in [0.15, 0.2) is 36.7 Å². The fraction of sp³-hybridized carbons (Fsp3) is 0.200. The first kappa shape index (κ1) is 12.5.